The summed E-state index contributed by atoms with van der Waals surface area (Å²) >= 11 is 5.11. The van der Waals surface area contributed by atoms with E-state index in [1.807, 2.05) is 26.8 Å². The van der Waals surface area contributed by atoms with E-state index in [-0.39, 0.29) is 6.04 Å². The fourth-order valence-corrected chi connectivity index (χ4v) is 1.70. The predicted molar refractivity (Wildman–Crippen MR) is 75.3 cm³/mol. The molecular weight excluding hydrogens is 250 g/mol. The first-order valence-electron chi connectivity index (χ1n) is 5.65. The summed E-state index contributed by atoms with van der Waals surface area (Å²) in [6, 6.07) is 2.04. The van der Waals surface area contributed by atoms with Gasteiger partial charge in [0.05, 0.1) is 6.61 Å². The van der Waals surface area contributed by atoms with Crippen LogP contribution >= 0.6 is 12.2 Å². The number of aryl methyl sites for hydroxylation is 2. The molecule has 0 radical (unpaired) electrons. The highest BCUT2D eigenvalue weighted by Crippen LogP contribution is 2.01. The Hall–Kier alpha value is -1.47. The van der Waals surface area contributed by atoms with Gasteiger partial charge in [0.2, 0.25) is 5.95 Å². The van der Waals surface area contributed by atoms with Crippen molar-refractivity contribution < 1.29 is 4.74 Å². The molecule has 0 fully saturated rings. The van der Waals surface area contributed by atoms with Crippen LogP contribution in [0.2, 0.25) is 0 Å². The number of hydrazine groups is 1. The third-order valence-corrected chi connectivity index (χ3v) is 2.28. The van der Waals surface area contributed by atoms with Crippen LogP contribution in [0.1, 0.15) is 18.3 Å². The Bertz CT molecular complexity index is 392. The standard InChI is InChI=1S/C11H19N5OS/c1-7-5-8(2)13-10(12-7)15-16-11(18)14-9(3)6-17-4/h5,9H,6H2,1-4H3,(H,12,13,15)(H2,14,16,18). The van der Waals surface area contributed by atoms with Crippen molar-refractivity contribution in [3.8, 4) is 0 Å². The minimum atomic E-state index is 0.136. The Morgan fingerprint density at radius 1 is 1.39 bits per heavy atom. The maximum absolute atomic E-state index is 5.11. The van der Waals surface area contributed by atoms with E-state index in [1.54, 1.807) is 7.11 Å². The van der Waals surface area contributed by atoms with E-state index >= 15 is 0 Å². The third-order valence-electron chi connectivity index (χ3n) is 2.06. The van der Waals surface area contributed by atoms with Crippen LogP contribution in [-0.4, -0.2) is 34.8 Å². The van der Waals surface area contributed by atoms with Gasteiger partial charge in [0.25, 0.3) is 0 Å². The van der Waals surface area contributed by atoms with Crippen LogP contribution in [0, 0.1) is 13.8 Å². The van der Waals surface area contributed by atoms with Crippen LogP contribution < -0.4 is 16.2 Å². The molecule has 100 valence electrons. The largest absolute Gasteiger partial charge is 0.383 e. The molecule has 1 aromatic heterocycles. The molecule has 0 aliphatic rings. The lowest BCUT2D eigenvalue weighted by molar-refractivity contribution is 0.179. The Labute approximate surface area is 113 Å². The van der Waals surface area contributed by atoms with Gasteiger partial charge in [-0.3, -0.25) is 10.9 Å². The quantitative estimate of drug-likeness (QED) is 0.542. The van der Waals surface area contributed by atoms with Crippen LogP contribution in [0.15, 0.2) is 6.07 Å². The Morgan fingerprint density at radius 3 is 2.56 bits per heavy atom. The normalized spacial score (nSPS) is 11.8. The van der Waals surface area contributed by atoms with E-state index in [1.165, 1.54) is 0 Å². The first-order valence-corrected chi connectivity index (χ1v) is 6.06. The maximum Gasteiger partial charge on any atom is 0.242 e. The van der Waals surface area contributed by atoms with Gasteiger partial charge in [-0.1, -0.05) is 0 Å². The van der Waals surface area contributed by atoms with Crippen molar-refractivity contribution >= 4 is 23.3 Å². The fraction of sp³-hybridized carbons (Fsp3) is 0.545. The summed E-state index contributed by atoms with van der Waals surface area (Å²) < 4.78 is 5.00. The molecule has 0 amide bonds. The predicted octanol–water partition coefficient (Wildman–Crippen LogP) is 0.919. The second kappa shape index (κ2) is 7.07. The molecule has 0 aliphatic heterocycles. The van der Waals surface area contributed by atoms with Crippen molar-refractivity contribution in [3.63, 3.8) is 0 Å². The maximum atomic E-state index is 5.11. The number of thiocarbonyl (C=S) groups is 1. The van der Waals surface area contributed by atoms with Crippen LogP contribution in [0.3, 0.4) is 0 Å². The van der Waals surface area contributed by atoms with Crippen molar-refractivity contribution in [2.45, 2.75) is 26.8 Å². The van der Waals surface area contributed by atoms with Gasteiger partial charge in [0.15, 0.2) is 5.11 Å². The lowest BCUT2D eigenvalue weighted by Crippen LogP contribution is -2.44. The first-order chi connectivity index (χ1) is 8.51. The molecule has 6 nitrogen and oxygen atoms in total. The smallest absolute Gasteiger partial charge is 0.242 e. The van der Waals surface area contributed by atoms with Crippen LogP contribution in [0.25, 0.3) is 0 Å². The highest BCUT2D eigenvalue weighted by atomic mass is 32.1. The van der Waals surface area contributed by atoms with Crippen LogP contribution in [0.4, 0.5) is 5.95 Å². The van der Waals surface area contributed by atoms with Gasteiger partial charge >= 0.3 is 0 Å². The first kappa shape index (κ1) is 14.6. The van der Waals surface area contributed by atoms with Gasteiger partial charge in [-0.2, -0.15) is 0 Å². The molecule has 1 aromatic rings. The third kappa shape index (κ3) is 5.24. The van der Waals surface area contributed by atoms with Crippen molar-refractivity contribution in [2.24, 2.45) is 0 Å². The number of nitrogens with zero attached hydrogens (tertiary/aromatic N) is 2. The molecule has 0 aliphatic carbocycles. The lowest BCUT2D eigenvalue weighted by Gasteiger charge is -2.16. The van der Waals surface area contributed by atoms with Crippen LogP contribution in [-0.2, 0) is 4.74 Å². The van der Waals surface area contributed by atoms with E-state index in [2.05, 4.69) is 26.1 Å². The molecule has 0 bridgehead atoms. The van der Waals surface area contributed by atoms with Gasteiger partial charge in [0.1, 0.15) is 0 Å². The molecular formula is C11H19N5OS. The van der Waals surface area contributed by atoms with Gasteiger partial charge < -0.3 is 10.1 Å². The number of rotatable bonds is 5. The minimum Gasteiger partial charge on any atom is -0.383 e. The lowest BCUT2D eigenvalue weighted by atomic mass is 10.4. The number of aromatic nitrogens is 2. The van der Waals surface area contributed by atoms with E-state index in [0.29, 0.717) is 17.7 Å². The molecule has 1 unspecified atom stereocenters. The second-order valence-electron chi connectivity index (χ2n) is 4.05. The number of anilines is 1. The number of nitrogens with one attached hydrogen (secondary N) is 3. The Kier molecular flexibility index (Phi) is 5.73. The molecule has 1 rings (SSSR count). The van der Waals surface area contributed by atoms with Gasteiger partial charge in [0, 0.05) is 24.5 Å². The zero-order valence-electron chi connectivity index (χ0n) is 11.1. The highest BCUT2D eigenvalue weighted by molar-refractivity contribution is 7.80. The Balaban J connectivity index is 2.42. The SMILES string of the molecule is COCC(C)NC(=S)NNc1nc(C)cc(C)n1. The summed E-state index contributed by atoms with van der Waals surface area (Å²) in [4.78, 5) is 8.45. The fourth-order valence-electron chi connectivity index (χ4n) is 1.45. The van der Waals surface area contributed by atoms with Crippen molar-refractivity contribution in [2.75, 3.05) is 19.1 Å². The van der Waals surface area contributed by atoms with Crippen molar-refractivity contribution in [3.05, 3.63) is 17.5 Å². The monoisotopic (exact) mass is 269 g/mol. The van der Waals surface area contributed by atoms with E-state index in [9.17, 15) is 0 Å². The summed E-state index contributed by atoms with van der Waals surface area (Å²) in [7, 11) is 1.65. The molecule has 0 saturated heterocycles. The summed E-state index contributed by atoms with van der Waals surface area (Å²) in [5, 5.41) is 3.53. The Morgan fingerprint density at radius 2 is 2.00 bits per heavy atom. The van der Waals surface area contributed by atoms with Gasteiger partial charge in [-0.25, -0.2) is 9.97 Å². The summed E-state index contributed by atoms with van der Waals surface area (Å²) in [6.07, 6.45) is 0. The summed E-state index contributed by atoms with van der Waals surface area (Å²) in [6.45, 7) is 6.39. The number of ether oxygens (including phenoxy) is 1. The summed E-state index contributed by atoms with van der Waals surface area (Å²) in [5.41, 5.74) is 7.49. The minimum absolute atomic E-state index is 0.136. The molecule has 0 spiro atoms. The highest BCUT2D eigenvalue weighted by Gasteiger charge is 2.04. The molecule has 1 atom stereocenters. The molecule has 7 heteroatoms. The average Bonchev–Trinajstić information content (AvgIpc) is 2.25. The molecule has 0 aromatic carbocycles. The number of hydrogen-bond donors (Lipinski definition) is 3. The van der Waals surface area contributed by atoms with Crippen LogP contribution in [0.5, 0.6) is 0 Å². The number of hydrogen-bond acceptors (Lipinski definition) is 5. The zero-order valence-corrected chi connectivity index (χ0v) is 11.9. The van der Waals surface area contributed by atoms with E-state index < -0.39 is 0 Å². The zero-order chi connectivity index (χ0) is 13.5. The van der Waals surface area contributed by atoms with E-state index in [4.69, 9.17) is 17.0 Å². The van der Waals surface area contributed by atoms with Gasteiger partial charge in [-0.15, -0.1) is 0 Å². The van der Waals surface area contributed by atoms with E-state index in [0.717, 1.165) is 11.4 Å². The second-order valence-corrected chi connectivity index (χ2v) is 4.46. The average molecular weight is 269 g/mol. The van der Waals surface area contributed by atoms with Crippen molar-refractivity contribution in [1.82, 2.24) is 20.7 Å². The molecule has 0 saturated carbocycles. The topological polar surface area (TPSA) is 71.1 Å². The molecule has 1 heterocycles. The van der Waals surface area contributed by atoms with Crippen molar-refractivity contribution in [1.29, 1.82) is 0 Å². The summed E-state index contributed by atoms with van der Waals surface area (Å²) in [5.74, 6) is 0.496. The van der Waals surface area contributed by atoms with Gasteiger partial charge in [-0.05, 0) is 39.1 Å². The molecule has 3 N–H and O–H groups in total. The molecule has 18 heavy (non-hydrogen) atoms. The number of methoxy groups -OCH3 is 1.